The maximum absolute atomic E-state index is 13.4. The molecule has 0 spiro atoms. The summed E-state index contributed by atoms with van der Waals surface area (Å²) in [6, 6.07) is 12.4. The Bertz CT molecular complexity index is 1110. The second-order valence-corrected chi connectivity index (χ2v) is 7.25. The van der Waals surface area contributed by atoms with Crippen molar-refractivity contribution in [2.45, 2.75) is 32.5 Å². The van der Waals surface area contributed by atoms with E-state index in [1.807, 2.05) is 24.3 Å². The van der Waals surface area contributed by atoms with Gasteiger partial charge in [-0.3, -0.25) is 4.79 Å². The molecule has 1 atom stereocenters. The molecule has 8 heteroatoms. The molecule has 1 aliphatic rings. The highest BCUT2D eigenvalue weighted by Crippen LogP contribution is 2.27. The highest BCUT2D eigenvalue weighted by atomic mass is 19.1. The summed E-state index contributed by atoms with van der Waals surface area (Å²) in [7, 11) is 1.30. The number of carbonyl (C=O) groups excluding carboxylic acids is 2. The zero-order valence-corrected chi connectivity index (χ0v) is 17.1. The van der Waals surface area contributed by atoms with Gasteiger partial charge in [0.2, 0.25) is 0 Å². The molecule has 0 fully saturated rings. The molecule has 0 saturated carbocycles. The maximum Gasteiger partial charge on any atom is 0.328 e. The van der Waals surface area contributed by atoms with Crippen molar-refractivity contribution in [2.75, 3.05) is 7.11 Å². The van der Waals surface area contributed by atoms with Gasteiger partial charge < -0.3 is 18.9 Å². The van der Waals surface area contributed by atoms with Gasteiger partial charge in [-0.05, 0) is 42.3 Å². The van der Waals surface area contributed by atoms with E-state index in [2.05, 4.69) is 5.16 Å². The highest BCUT2D eigenvalue weighted by molar-refractivity contribution is 5.96. The minimum atomic E-state index is -0.768. The molecule has 1 aliphatic heterocycles. The fourth-order valence-electron chi connectivity index (χ4n) is 3.63. The van der Waals surface area contributed by atoms with Crippen LogP contribution in [-0.2, 0) is 29.1 Å². The maximum atomic E-state index is 13.4. The Morgan fingerprint density at radius 2 is 1.87 bits per heavy atom. The van der Waals surface area contributed by atoms with Crippen molar-refractivity contribution in [3.63, 3.8) is 0 Å². The van der Waals surface area contributed by atoms with Crippen molar-refractivity contribution in [2.24, 2.45) is 0 Å². The quantitative estimate of drug-likeness (QED) is 0.584. The van der Waals surface area contributed by atoms with Crippen LogP contribution in [0.15, 0.2) is 53.1 Å². The number of halogens is 1. The second-order valence-electron chi connectivity index (χ2n) is 7.25. The summed E-state index contributed by atoms with van der Waals surface area (Å²) in [6.45, 7) is 1.94. The molecule has 2 aromatic carbocycles. The monoisotopic (exact) mass is 424 g/mol. The Balaban J connectivity index is 1.61. The lowest BCUT2D eigenvalue weighted by molar-refractivity contribution is -0.146. The van der Waals surface area contributed by atoms with Crippen molar-refractivity contribution in [1.29, 1.82) is 0 Å². The third kappa shape index (κ3) is 4.14. The third-order valence-electron chi connectivity index (χ3n) is 5.37. The largest absolute Gasteiger partial charge is 0.489 e. The fraction of sp³-hybridized carbons (Fsp3) is 0.261. The van der Waals surface area contributed by atoms with Gasteiger partial charge in [-0.1, -0.05) is 29.4 Å². The number of methoxy groups -OCH3 is 1. The number of aryl methyl sites for hydroxylation is 1. The summed E-state index contributed by atoms with van der Waals surface area (Å²) in [5, 5.41) is 3.93. The van der Waals surface area contributed by atoms with E-state index in [1.165, 1.54) is 36.3 Å². The van der Waals surface area contributed by atoms with Gasteiger partial charge in [-0.25, -0.2) is 9.18 Å². The van der Waals surface area contributed by atoms with E-state index in [-0.39, 0.29) is 24.7 Å². The van der Waals surface area contributed by atoms with Gasteiger partial charge in [0.15, 0.2) is 5.69 Å². The van der Waals surface area contributed by atoms with Gasteiger partial charge in [0.1, 0.15) is 30.0 Å². The molecule has 0 aliphatic carbocycles. The SMILES string of the molecule is COC(=O)C1Cc2ccccc2CN1C(=O)c1noc(C)c1COc1ccc(F)cc1. The normalized spacial score (nSPS) is 15.3. The molecule has 1 aromatic heterocycles. The number of rotatable bonds is 5. The van der Waals surface area contributed by atoms with E-state index < -0.39 is 17.9 Å². The van der Waals surface area contributed by atoms with Crippen LogP contribution in [0.25, 0.3) is 0 Å². The summed E-state index contributed by atoms with van der Waals surface area (Å²) >= 11 is 0. The molecule has 3 aromatic rings. The molecule has 0 bridgehead atoms. The average Bonchev–Trinajstić information content (AvgIpc) is 3.17. The second kappa shape index (κ2) is 8.59. The Morgan fingerprint density at radius 3 is 2.58 bits per heavy atom. The van der Waals surface area contributed by atoms with Crippen LogP contribution in [0.4, 0.5) is 4.39 Å². The molecule has 0 radical (unpaired) electrons. The van der Waals surface area contributed by atoms with Gasteiger partial charge in [0.05, 0.1) is 12.7 Å². The fourth-order valence-corrected chi connectivity index (χ4v) is 3.63. The number of hydrogen-bond donors (Lipinski definition) is 0. The van der Waals surface area contributed by atoms with E-state index in [1.54, 1.807) is 6.92 Å². The van der Waals surface area contributed by atoms with E-state index in [0.717, 1.165) is 11.1 Å². The first-order valence-corrected chi connectivity index (χ1v) is 9.77. The molecule has 2 heterocycles. The number of hydrogen-bond acceptors (Lipinski definition) is 6. The summed E-state index contributed by atoms with van der Waals surface area (Å²) < 4.78 is 29.0. The summed E-state index contributed by atoms with van der Waals surface area (Å²) in [5.74, 6) is -0.438. The molecular formula is C23H21FN2O5. The van der Waals surface area contributed by atoms with Gasteiger partial charge in [0.25, 0.3) is 5.91 Å². The molecular weight excluding hydrogens is 403 g/mol. The van der Waals surface area contributed by atoms with E-state index in [9.17, 15) is 14.0 Å². The molecule has 0 N–H and O–H groups in total. The minimum absolute atomic E-state index is 0.00928. The Morgan fingerprint density at radius 1 is 1.16 bits per heavy atom. The van der Waals surface area contributed by atoms with Gasteiger partial charge >= 0.3 is 5.97 Å². The van der Waals surface area contributed by atoms with Crippen LogP contribution in [-0.4, -0.2) is 35.1 Å². The van der Waals surface area contributed by atoms with Gasteiger partial charge in [-0.15, -0.1) is 0 Å². The summed E-state index contributed by atoms with van der Waals surface area (Å²) in [6.07, 6.45) is 0.354. The smallest absolute Gasteiger partial charge is 0.328 e. The van der Waals surface area contributed by atoms with Crippen LogP contribution in [0, 0.1) is 12.7 Å². The lowest BCUT2D eigenvalue weighted by Crippen LogP contribution is -2.49. The number of esters is 1. The average molecular weight is 424 g/mol. The van der Waals surface area contributed by atoms with Crippen LogP contribution in [0.5, 0.6) is 5.75 Å². The summed E-state index contributed by atoms with van der Waals surface area (Å²) in [4.78, 5) is 27.3. The highest BCUT2D eigenvalue weighted by Gasteiger charge is 2.38. The van der Waals surface area contributed by atoms with Crippen molar-refractivity contribution in [3.05, 3.63) is 82.5 Å². The number of benzene rings is 2. The number of fused-ring (bicyclic) bond motifs is 1. The van der Waals surface area contributed by atoms with Crippen LogP contribution in [0.2, 0.25) is 0 Å². The zero-order valence-electron chi connectivity index (χ0n) is 17.1. The van der Waals surface area contributed by atoms with Crippen LogP contribution in [0.1, 0.15) is 32.9 Å². The van der Waals surface area contributed by atoms with Crippen LogP contribution in [0.3, 0.4) is 0 Å². The minimum Gasteiger partial charge on any atom is -0.489 e. The van der Waals surface area contributed by atoms with Crippen molar-refractivity contribution in [1.82, 2.24) is 10.1 Å². The number of nitrogens with zero attached hydrogens (tertiary/aromatic N) is 2. The van der Waals surface area contributed by atoms with Crippen molar-refractivity contribution >= 4 is 11.9 Å². The van der Waals surface area contributed by atoms with Gasteiger partial charge in [0, 0.05) is 13.0 Å². The van der Waals surface area contributed by atoms with E-state index in [4.69, 9.17) is 14.0 Å². The van der Waals surface area contributed by atoms with Crippen LogP contribution >= 0.6 is 0 Å². The van der Waals surface area contributed by atoms with Crippen LogP contribution < -0.4 is 4.74 Å². The molecule has 4 rings (SSSR count). The first-order valence-electron chi connectivity index (χ1n) is 9.77. The first-order chi connectivity index (χ1) is 15.0. The molecule has 1 amide bonds. The van der Waals surface area contributed by atoms with E-state index in [0.29, 0.717) is 23.5 Å². The Hall–Kier alpha value is -3.68. The van der Waals surface area contributed by atoms with Crippen molar-refractivity contribution < 1.29 is 28.0 Å². The molecule has 1 unspecified atom stereocenters. The molecule has 160 valence electrons. The third-order valence-corrected chi connectivity index (χ3v) is 5.37. The summed E-state index contributed by atoms with van der Waals surface area (Å²) in [5.41, 5.74) is 2.50. The standard InChI is InChI=1S/C23H21FN2O5/c1-14-19(13-30-18-9-7-17(24)8-10-18)21(25-31-14)22(27)26-12-16-6-4-3-5-15(16)11-20(26)23(28)29-2/h3-10,20H,11-13H2,1-2H3. The van der Waals surface area contributed by atoms with E-state index >= 15 is 0 Å². The predicted octanol–water partition coefficient (Wildman–Crippen LogP) is 3.44. The topological polar surface area (TPSA) is 81.9 Å². The first kappa shape index (κ1) is 20.6. The Kier molecular flexibility index (Phi) is 5.70. The Labute approximate surface area is 178 Å². The van der Waals surface area contributed by atoms with Crippen molar-refractivity contribution in [3.8, 4) is 5.75 Å². The molecule has 0 saturated heterocycles. The number of aromatic nitrogens is 1. The molecule has 7 nitrogen and oxygen atoms in total. The number of carbonyl (C=O) groups is 2. The number of amides is 1. The lowest BCUT2D eigenvalue weighted by Gasteiger charge is -2.34. The zero-order chi connectivity index (χ0) is 22.0. The lowest BCUT2D eigenvalue weighted by atomic mass is 9.93. The number of ether oxygens (including phenoxy) is 2. The van der Waals surface area contributed by atoms with Gasteiger partial charge in [-0.2, -0.15) is 0 Å². The predicted molar refractivity (Wildman–Crippen MR) is 108 cm³/mol. The molecule has 31 heavy (non-hydrogen) atoms.